The van der Waals surface area contributed by atoms with E-state index in [1.165, 1.54) is 34.2 Å². The summed E-state index contributed by atoms with van der Waals surface area (Å²) in [5.74, 6) is 0.636. The van der Waals surface area contributed by atoms with E-state index in [9.17, 15) is 4.79 Å². The second kappa shape index (κ2) is 7.65. The van der Waals surface area contributed by atoms with Gasteiger partial charge in [0.15, 0.2) is 5.58 Å². The van der Waals surface area contributed by atoms with Crippen LogP contribution in [0.1, 0.15) is 32.2 Å². The summed E-state index contributed by atoms with van der Waals surface area (Å²) in [5.41, 5.74) is 5.88. The Morgan fingerprint density at radius 3 is 2.90 bits per heavy atom. The molecule has 2 aromatic heterocycles. The van der Waals surface area contributed by atoms with E-state index in [2.05, 4.69) is 28.2 Å². The first-order valence-electron chi connectivity index (χ1n) is 9.47. The first-order valence-corrected chi connectivity index (χ1v) is 11.3. The zero-order chi connectivity index (χ0) is 19.8. The van der Waals surface area contributed by atoms with Crippen molar-refractivity contribution in [1.82, 2.24) is 14.9 Å². The standard InChI is InChI=1S/C22H19N3O2S2/c1-14-5-4-8-18-20(14)24-22(27-18)29-13-19-23-17(12-28-19)21(26)25-10-9-15-6-2-3-7-16(15)11-25/h2-8,12H,9-11,13H2,1H3. The Balaban J connectivity index is 1.25. The molecular formula is C22H19N3O2S2. The Morgan fingerprint density at radius 1 is 1.17 bits per heavy atom. The minimum absolute atomic E-state index is 0.00416. The molecule has 1 amide bonds. The SMILES string of the molecule is Cc1cccc2oc(SCc3nc(C(=O)N4CCc5ccccc5C4)cs3)nc12. The number of para-hydroxylation sites is 1. The summed E-state index contributed by atoms with van der Waals surface area (Å²) in [4.78, 5) is 23.9. The highest BCUT2D eigenvalue weighted by Gasteiger charge is 2.23. The number of amides is 1. The number of nitrogens with zero attached hydrogens (tertiary/aromatic N) is 3. The van der Waals surface area contributed by atoms with Crippen LogP contribution in [-0.4, -0.2) is 27.3 Å². The highest BCUT2D eigenvalue weighted by molar-refractivity contribution is 7.98. The highest BCUT2D eigenvalue weighted by Crippen LogP contribution is 2.29. The van der Waals surface area contributed by atoms with Crippen molar-refractivity contribution >= 4 is 40.1 Å². The summed E-state index contributed by atoms with van der Waals surface area (Å²) >= 11 is 3.01. The van der Waals surface area contributed by atoms with Gasteiger partial charge >= 0.3 is 0 Å². The molecule has 5 rings (SSSR count). The van der Waals surface area contributed by atoms with Crippen molar-refractivity contribution in [3.05, 3.63) is 75.2 Å². The van der Waals surface area contributed by atoms with Gasteiger partial charge in [-0.25, -0.2) is 9.97 Å². The van der Waals surface area contributed by atoms with E-state index in [4.69, 9.17) is 4.42 Å². The molecule has 29 heavy (non-hydrogen) atoms. The molecule has 0 saturated heterocycles. The molecule has 0 spiro atoms. The lowest BCUT2D eigenvalue weighted by Gasteiger charge is -2.28. The summed E-state index contributed by atoms with van der Waals surface area (Å²) in [6, 6.07) is 14.2. The molecule has 2 aromatic carbocycles. The molecule has 0 saturated carbocycles. The van der Waals surface area contributed by atoms with E-state index < -0.39 is 0 Å². The fourth-order valence-electron chi connectivity index (χ4n) is 3.56. The van der Waals surface area contributed by atoms with Crippen molar-refractivity contribution in [2.45, 2.75) is 30.9 Å². The van der Waals surface area contributed by atoms with Crippen LogP contribution in [0, 0.1) is 6.92 Å². The maximum absolute atomic E-state index is 12.9. The summed E-state index contributed by atoms with van der Waals surface area (Å²) in [5, 5.41) is 3.38. The number of aryl methyl sites for hydroxylation is 1. The van der Waals surface area contributed by atoms with Gasteiger partial charge < -0.3 is 9.32 Å². The molecule has 1 aliphatic heterocycles. The van der Waals surface area contributed by atoms with E-state index in [1.54, 1.807) is 0 Å². The average molecular weight is 422 g/mol. The number of hydrogen-bond donors (Lipinski definition) is 0. The Bertz CT molecular complexity index is 1200. The van der Waals surface area contributed by atoms with E-state index in [1.807, 2.05) is 41.5 Å². The smallest absolute Gasteiger partial charge is 0.273 e. The predicted molar refractivity (Wildman–Crippen MR) is 115 cm³/mol. The third-order valence-electron chi connectivity index (χ3n) is 5.11. The van der Waals surface area contributed by atoms with Gasteiger partial charge in [0.05, 0.1) is 5.75 Å². The fraction of sp³-hybridized carbons (Fsp3) is 0.227. The first kappa shape index (κ1) is 18.4. The van der Waals surface area contributed by atoms with Crippen LogP contribution in [-0.2, 0) is 18.7 Å². The first-order chi connectivity index (χ1) is 14.2. The van der Waals surface area contributed by atoms with Gasteiger partial charge in [-0.05, 0) is 36.1 Å². The lowest BCUT2D eigenvalue weighted by atomic mass is 10.00. The molecule has 3 heterocycles. The number of thioether (sulfide) groups is 1. The Kier molecular flexibility index (Phi) is 4.85. The number of fused-ring (bicyclic) bond motifs is 2. The topological polar surface area (TPSA) is 59.2 Å². The van der Waals surface area contributed by atoms with Crippen LogP contribution >= 0.6 is 23.1 Å². The molecule has 0 radical (unpaired) electrons. The molecule has 7 heteroatoms. The van der Waals surface area contributed by atoms with Crippen LogP contribution in [0.5, 0.6) is 0 Å². The van der Waals surface area contributed by atoms with Crippen LogP contribution in [0.15, 0.2) is 57.5 Å². The summed E-state index contributed by atoms with van der Waals surface area (Å²) in [6.45, 7) is 3.41. The van der Waals surface area contributed by atoms with E-state index >= 15 is 0 Å². The van der Waals surface area contributed by atoms with Crippen LogP contribution in [0.3, 0.4) is 0 Å². The Hall–Kier alpha value is -2.64. The predicted octanol–water partition coefficient (Wildman–Crippen LogP) is 5.08. The van der Waals surface area contributed by atoms with Gasteiger partial charge in [0.25, 0.3) is 11.1 Å². The largest absolute Gasteiger partial charge is 0.431 e. The number of aromatic nitrogens is 2. The molecular weight excluding hydrogens is 402 g/mol. The molecule has 4 aromatic rings. The molecule has 1 aliphatic rings. The molecule has 146 valence electrons. The van der Waals surface area contributed by atoms with Crippen molar-refractivity contribution in [2.24, 2.45) is 0 Å². The normalized spacial score (nSPS) is 13.6. The molecule has 0 atom stereocenters. The van der Waals surface area contributed by atoms with Crippen molar-refractivity contribution in [2.75, 3.05) is 6.54 Å². The van der Waals surface area contributed by atoms with Gasteiger partial charge in [-0.3, -0.25) is 4.79 Å². The fourth-order valence-corrected chi connectivity index (χ4v) is 5.17. The van der Waals surface area contributed by atoms with Gasteiger partial charge in [-0.1, -0.05) is 48.2 Å². The van der Waals surface area contributed by atoms with Gasteiger partial charge in [0.2, 0.25) is 0 Å². The van der Waals surface area contributed by atoms with Crippen LogP contribution in [0.4, 0.5) is 0 Å². The molecule has 5 nitrogen and oxygen atoms in total. The van der Waals surface area contributed by atoms with Gasteiger partial charge in [-0.2, -0.15) is 0 Å². The zero-order valence-corrected chi connectivity index (χ0v) is 17.6. The quantitative estimate of drug-likeness (QED) is 0.430. The number of carbonyl (C=O) groups is 1. The second-order valence-electron chi connectivity index (χ2n) is 7.06. The van der Waals surface area contributed by atoms with Crippen LogP contribution < -0.4 is 0 Å². The Labute approximate surface area is 176 Å². The summed E-state index contributed by atoms with van der Waals surface area (Å²) in [7, 11) is 0. The van der Waals surface area contributed by atoms with Crippen molar-refractivity contribution in [1.29, 1.82) is 0 Å². The van der Waals surface area contributed by atoms with Gasteiger partial charge in [0.1, 0.15) is 16.2 Å². The number of thiazole rings is 1. The number of benzene rings is 2. The number of hydrogen-bond acceptors (Lipinski definition) is 6. The van der Waals surface area contributed by atoms with E-state index in [0.717, 1.165) is 34.6 Å². The number of oxazole rings is 1. The van der Waals surface area contributed by atoms with Gasteiger partial charge in [0, 0.05) is 18.5 Å². The van der Waals surface area contributed by atoms with E-state index in [-0.39, 0.29) is 5.91 Å². The number of rotatable bonds is 4. The third kappa shape index (κ3) is 3.68. The second-order valence-corrected chi connectivity index (χ2v) is 8.93. The minimum Gasteiger partial charge on any atom is -0.431 e. The molecule has 0 unspecified atom stereocenters. The summed E-state index contributed by atoms with van der Waals surface area (Å²) < 4.78 is 5.81. The van der Waals surface area contributed by atoms with E-state index in [0.29, 0.717) is 23.2 Å². The molecule has 0 fully saturated rings. The lowest BCUT2D eigenvalue weighted by Crippen LogP contribution is -2.36. The monoisotopic (exact) mass is 421 g/mol. The molecule has 0 aliphatic carbocycles. The number of carbonyl (C=O) groups excluding carboxylic acids is 1. The average Bonchev–Trinajstić information content (AvgIpc) is 3.39. The van der Waals surface area contributed by atoms with Gasteiger partial charge in [-0.15, -0.1) is 11.3 Å². The zero-order valence-electron chi connectivity index (χ0n) is 15.9. The third-order valence-corrected chi connectivity index (χ3v) is 6.98. The lowest BCUT2D eigenvalue weighted by molar-refractivity contribution is 0.0729. The maximum atomic E-state index is 12.9. The summed E-state index contributed by atoms with van der Waals surface area (Å²) in [6.07, 6.45) is 0.895. The van der Waals surface area contributed by atoms with Crippen LogP contribution in [0.2, 0.25) is 0 Å². The minimum atomic E-state index is 0.00416. The van der Waals surface area contributed by atoms with Crippen molar-refractivity contribution in [3.8, 4) is 0 Å². The Morgan fingerprint density at radius 2 is 2.03 bits per heavy atom. The van der Waals surface area contributed by atoms with Crippen molar-refractivity contribution < 1.29 is 9.21 Å². The van der Waals surface area contributed by atoms with Crippen LogP contribution in [0.25, 0.3) is 11.1 Å². The molecule has 0 bridgehead atoms. The van der Waals surface area contributed by atoms with Crippen molar-refractivity contribution in [3.63, 3.8) is 0 Å². The highest BCUT2D eigenvalue weighted by atomic mass is 32.2. The maximum Gasteiger partial charge on any atom is 0.273 e. The molecule has 0 N–H and O–H groups in total.